The first-order valence-corrected chi connectivity index (χ1v) is 7.58. The van der Waals surface area contributed by atoms with Gasteiger partial charge in [-0.2, -0.15) is 0 Å². The highest BCUT2D eigenvalue weighted by atomic mass is 35.5. The van der Waals surface area contributed by atoms with E-state index in [4.69, 9.17) is 16.3 Å². The second-order valence-corrected chi connectivity index (χ2v) is 4.85. The second kappa shape index (κ2) is 10.4. The molecule has 1 aromatic rings. The fourth-order valence-corrected chi connectivity index (χ4v) is 1.82. The first-order chi connectivity index (χ1) is 10.2. The molecule has 0 radical (unpaired) electrons. The molecule has 0 aliphatic carbocycles. The first kappa shape index (κ1) is 17.8. The summed E-state index contributed by atoms with van der Waals surface area (Å²) in [6.07, 6.45) is -0.649. The van der Waals surface area contributed by atoms with Crippen LogP contribution in [0.15, 0.2) is 29.3 Å². The number of aliphatic hydroxyl groups is 1. The number of aliphatic hydroxyl groups excluding tert-OH is 1. The van der Waals surface area contributed by atoms with E-state index in [9.17, 15) is 5.11 Å². The fraction of sp³-hybridized carbons (Fsp3) is 0.533. The van der Waals surface area contributed by atoms with Crippen LogP contribution in [-0.2, 0) is 4.74 Å². The zero-order valence-corrected chi connectivity index (χ0v) is 13.4. The third kappa shape index (κ3) is 7.32. The molecule has 3 N–H and O–H groups in total. The van der Waals surface area contributed by atoms with Crippen molar-refractivity contribution < 1.29 is 9.84 Å². The van der Waals surface area contributed by atoms with Crippen molar-refractivity contribution in [1.29, 1.82) is 0 Å². The maximum Gasteiger partial charge on any atom is 0.191 e. The van der Waals surface area contributed by atoms with E-state index < -0.39 is 6.10 Å². The summed E-state index contributed by atoms with van der Waals surface area (Å²) < 4.78 is 5.26. The molecule has 0 aliphatic heterocycles. The van der Waals surface area contributed by atoms with Crippen LogP contribution >= 0.6 is 11.6 Å². The normalized spacial score (nSPS) is 13.0. The fourth-order valence-electron chi connectivity index (χ4n) is 1.70. The van der Waals surface area contributed by atoms with Crippen molar-refractivity contribution in [2.24, 2.45) is 4.99 Å². The zero-order chi connectivity index (χ0) is 15.5. The topological polar surface area (TPSA) is 65.9 Å². The minimum atomic E-state index is -0.649. The van der Waals surface area contributed by atoms with E-state index in [0.717, 1.165) is 12.1 Å². The number of nitrogens with zero attached hydrogens (tertiary/aromatic N) is 1. The van der Waals surface area contributed by atoms with Crippen LogP contribution in [0.4, 0.5) is 0 Å². The van der Waals surface area contributed by atoms with Gasteiger partial charge in [0.15, 0.2) is 5.96 Å². The van der Waals surface area contributed by atoms with E-state index in [1.807, 2.05) is 13.8 Å². The van der Waals surface area contributed by atoms with Gasteiger partial charge in [-0.1, -0.05) is 23.7 Å². The molecule has 0 aromatic heterocycles. The van der Waals surface area contributed by atoms with Crippen LogP contribution in [0.25, 0.3) is 0 Å². The molecule has 1 atom stereocenters. The van der Waals surface area contributed by atoms with Gasteiger partial charge in [-0.05, 0) is 31.5 Å². The molecule has 5 nitrogen and oxygen atoms in total. The molecule has 0 saturated heterocycles. The van der Waals surface area contributed by atoms with Gasteiger partial charge in [0.1, 0.15) is 0 Å². The van der Waals surface area contributed by atoms with Gasteiger partial charge in [-0.25, -0.2) is 0 Å². The van der Waals surface area contributed by atoms with Crippen molar-refractivity contribution >= 4 is 17.6 Å². The monoisotopic (exact) mass is 313 g/mol. The largest absolute Gasteiger partial charge is 0.386 e. The number of nitrogens with one attached hydrogen (secondary N) is 2. The number of aliphatic imine (C=N–C) groups is 1. The van der Waals surface area contributed by atoms with Crippen LogP contribution in [-0.4, -0.2) is 43.9 Å². The van der Waals surface area contributed by atoms with Crippen LogP contribution in [0.1, 0.15) is 25.5 Å². The Hall–Kier alpha value is -1.30. The lowest BCUT2D eigenvalue weighted by atomic mass is 10.1. The van der Waals surface area contributed by atoms with E-state index in [0.29, 0.717) is 30.7 Å². The lowest BCUT2D eigenvalue weighted by Crippen LogP contribution is -2.39. The van der Waals surface area contributed by atoms with Crippen LogP contribution in [0.3, 0.4) is 0 Å². The molecule has 6 heteroatoms. The summed E-state index contributed by atoms with van der Waals surface area (Å²) in [5.74, 6) is 0.671. The van der Waals surface area contributed by atoms with E-state index in [1.54, 1.807) is 24.3 Å². The average molecular weight is 314 g/mol. The van der Waals surface area contributed by atoms with Crippen molar-refractivity contribution in [2.75, 3.05) is 32.8 Å². The molecule has 118 valence electrons. The van der Waals surface area contributed by atoms with Gasteiger partial charge < -0.3 is 20.5 Å². The van der Waals surface area contributed by atoms with E-state index in [1.165, 1.54) is 0 Å². The summed E-state index contributed by atoms with van der Waals surface area (Å²) >= 11 is 5.83. The van der Waals surface area contributed by atoms with Crippen LogP contribution < -0.4 is 10.6 Å². The lowest BCUT2D eigenvalue weighted by Gasteiger charge is -2.13. The number of halogens is 1. The summed E-state index contributed by atoms with van der Waals surface area (Å²) in [7, 11) is 0. The lowest BCUT2D eigenvalue weighted by molar-refractivity contribution is 0.152. The Balaban J connectivity index is 2.49. The summed E-state index contributed by atoms with van der Waals surface area (Å²) in [6.45, 7) is 7.00. The SMILES string of the molecule is CCNC(=NCC(O)c1ccc(Cl)cc1)NCCOCC. The molecule has 0 bridgehead atoms. The molecule has 0 amide bonds. The van der Waals surface area contributed by atoms with Crippen molar-refractivity contribution in [1.82, 2.24) is 10.6 Å². The summed E-state index contributed by atoms with van der Waals surface area (Å²) in [4.78, 5) is 4.37. The molecular weight excluding hydrogens is 290 g/mol. The predicted octanol–water partition coefficient (Wildman–Crippen LogP) is 1.97. The molecule has 0 saturated carbocycles. The highest BCUT2D eigenvalue weighted by Gasteiger charge is 2.07. The zero-order valence-electron chi connectivity index (χ0n) is 12.6. The molecule has 0 heterocycles. The molecular formula is C15H24ClN3O2. The minimum Gasteiger partial charge on any atom is -0.386 e. The predicted molar refractivity (Wildman–Crippen MR) is 86.9 cm³/mol. The Morgan fingerprint density at radius 3 is 2.62 bits per heavy atom. The number of hydrogen-bond donors (Lipinski definition) is 3. The van der Waals surface area contributed by atoms with Gasteiger partial charge in [0.05, 0.1) is 19.3 Å². The van der Waals surface area contributed by atoms with Crippen LogP contribution in [0.2, 0.25) is 5.02 Å². The van der Waals surface area contributed by atoms with Gasteiger partial charge in [0, 0.05) is 24.7 Å². The van der Waals surface area contributed by atoms with Gasteiger partial charge >= 0.3 is 0 Å². The Kier molecular flexibility index (Phi) is 8.82. The minimum absolute atomic E-state index is 0.283. The van der Waals surface area contributed by atoms with E-state index in [-0.39, 0.29) is 6.54 Å². The Labute approximate surface area is 131 Å². The third-order valence-corrected chi connectivity index (χ3v) is 3.02. The number of benzene rings is 1. The summed E-state index contributed by atoms with van der Waals surface area (Å²) in [6, 6.07) is 7.13. The van der Waals surface area contributed by atoms with Gasteiger partial charge in [-0.15, -0.1) is 0 Å². The van der Waals surface area contributed by atoms with Crippen molar-refractivity contribution in [3.8, 4) is 0 Å². The second-order valence-electron chi connectivity index (χ2n) is 4.41. The molecule has 1 aromatic carbocycles. The van der Waals surface area contributed by atoms with Gasteiger partial charge in [0.2, 0.25) is 0 Å². The maximum atomic E-state index is 10.1. The van der Waals surface area contributed by atoms with Crippen LogP contribution in [0, 0.1) is 0 Å². The smallest absolute Gasteiger partial charge is 0.191 e. The Morgan fingerprint density at radius 2 is 2.00 bits per heavy atom. The first-order valence-electron chi connectivity index (χ1n) is 7.20. The molecule has 21 heavy (non-hydrogen) atoms. The maximum absolute atomic E-state index is 10.1. The quantitative estimate of drug-likeness (QED) is 0.390. The van der Waals surface area contributed by atoms with Gasteiger partial charge in [-0.3, -0.25) is 4.99 Å². The molecule has 0 fully saturated rings. The number of ether oxygens (including phenoxy) is 1. The molecule has 0 aliphatic rings. The molecule has 0 spiro atoms. The van der Waals surface area contributed by atoms with E-state index >= 15 is 0 Å². The third-order valence-electron chi connectivity index (χ3n) is 2.76. The standard InChI is InChI=1S/C15H24ClN3O2/c1-3-17-15(18-9-10-21-4-2)19-11-14(20)12-5-7-13(16)8-6-12/h5-8,14,20H,3-4,9-11H2,1-2H3,(H2,17,18,19). The molecule has 1 rings (SSSR count). The average Bonchev–Trinajstić information content (AvgIpc) is 2.49. The van der Waals surface area contributed by atoms with Crippen molar-refractivity contribution in [3.63, 3.8) is 0 Å². The number of rotatable bonds is 8. The van der Waals surface area contributed by atoms with Gasteiger partial charge in [0.25, 0.3) is 0 Å². The van der Waals surface area contributed by atoms with Crippen molar-refractivity contribution in [2.45, 2.75) is 20.0 Å². The number of guanidine groups is 1. The number of hydrogen-bond acceptors (Lipinski definition) is 3. The highest BCUT2D eigenvalue weighted by molar-refractivity contribution is 6.30. The Bertz CT molecular complexity index is 423. The summed E-state index contributed by atoms with van der Waals surface area (Å²) in [5, 5.41) is 17.0. The van der Waals surface area contributed by atoms with Crippen molar-refractivity contribution in [3.05, 3.63) is 34.9 Å². The van der Waals surface area contributed by atoms with Crippen LogP contribution in [0.5, 0.6) is 0 Å². The highest BCUT2D eigenvalue weighted by Crippen LogP contribution is 2.16. The Morgan fingerprint density at radius 1 is 1.29 bits per heavy atom. The summed E-state index contributed by atoms with van der Waals surface area (Å²) in [5.41, 5.74) is 0.799. The van der Waals surface area contributed by atoms with E-state index in [2.05, 4.69) is 15.6 Å². The molecule has 1 unspecified atom stereocenters.